The van der Waals surface area contributed by atoms with Crippen LogP contribution in [-0.2, 0) is 57.1 Å². The lowest BCUT2D eigenvalue weighted by molar-refractivity contribution is -0.138. The van der Waals surface area contributed by atoms with Gasteiger partial charge in [-0.15, -0.1) is 0 Å². The van der Waals surface area contributed by atoms with Crippen LogP contribution in [0.25, 0.3) is 66.8 Å². The minimum absolute atomic E-state index is 0.0131. The molecule has 37 heteroatoms. The number of hydrogen-bond donors (Lipinski definition) is 3. The van der Waals surface area contributed by atoms with Crippen molar-refractivity contribution >= 4 is 36.1 Å². The number of carbonyl (C=O) groups excluding carboxylic acids is 3. The van der Waals surface area contributed by atoms with Crippen molar-refractivity contribution in [2.75, 3.05) is 88.5 Å². The van der Waals surface area contributed by atoms with Crippen LogP contribution < -0.4 is 28.9 Å². The van der Waals surface area contributed by atoms with Gasteiger partial charge >= 0.3 is 36.8 Å². The first kappa shape index (κ1) is 94.3. The number of H-pyrrole nitrogens is 3. The molecule has 6 fully saturated rings. The van der Waals surface area contributed by atoms with E-state index in [2.05, 4.69) is 44.8 Å². The molecule has 3 amide bonds. The number of nitrogens with zero attached hydrogens (tertiary/aromatic N) is 15. The highest BCUT2D eigenvalue weighted by Crippen LogP contribution is 2.47. The summed E-state index contributed by atoms with van der Waals surface area (Å²) in [4.78, 5) is 103. The van der Waals surface area contributed by atoms with Crippen LogP contribution >= 0.6 is 0 Å². The second-order valence-electron chi connectivity index (χ2n) is 34.9. The first-order chi connectivity index (χ1) is 64.3. The molecule has 6 saturated heterocycles. The molecule has 135 heavy (non-hydrogen) atoms. The van der Waals surface area contributed by atoms with Crippen molar-refractivity contribution in [1.29, 1.82) is 0 Å². The lowest BCUT2D eigenvalue weighted by Gasteiger charge is -2.31. The molecule has 6 aliphatic rings. The van der Waals surface area contributed by atoms with Gasteiger partial charge in [0, 0.05) is 179 Å². The Morgan fingerprint density at radius 2 is 0.644 bits per heavy atom. The first-order valence-corrected chi connectivity index (χ1v) is 44.3. The van der Waals surface area contributed by atoms with Crippen molar-refractivity contribution in [1.82, 2.24) is 74.5 Å². The number of anilines is 3. The van der Waals surface area contributed by atoms with Crippen LogP contribution in [0.1, 0.15) is 159 Å². The number of nitrogens with one attached hydrogen (secondary N) is 3. The molecule has 0 unspecified atom stereocenters. The molecular formula is C98H103F9N18O10. The van der Waals surface area contributed by atoms with Crippen molar-refractivity contribution in [3.05, 3.63) is 229 Å². The molecule has 28 nitrogen and oxygen atoms in total. The number of halogens is 9. The molecule has 708 valence electrons. The summed E-state index contributed by atoms with van der Waals surface area (Å²) in [6.45, 7) is 27.7. The molecule has 3 aromatic carbocycles. The van der Waals surface area contributed by atoms with Gasteiger partial charge in [0.05, 0.1) is 106 Å². The summed E-state index contributed by atoms with van der Waals surface area (Å²) in [6.07, 6.45) is 1.14. The molecule has 0 saturated carbocycles. The first-order valence-electron chi connectivity index (χ1n) is 44.3. The Labute approximate surface area is 773 Å². The zero-order valence-corrected chi connectivity index (χ0v) is 77.2. The third-order valence-electron chi connectivity index (χ3n) is 25.5. The van der Waals surface area contributed by atoms with Gasteiger partial charge in [-0.3, -0.25) is 14.7 Å². The van der Waals surface area contributed by atoms with Crippen molar-refractivity contribution in [3.8, 4) is 84.4 Å². The molecule has 6 atom stereocenters. The number of aromatic amines is 3. The topological polar surface area (TPSA) is 299 Å². The van der Waals surface area contributed by atoms with Gasteiger partial charge in [-0.1, -0.05) is 34.9 Å². The predicted molar refractivity (Wildman–Crippen MR) is 486 cm³/mol. The molecule has 6 aliphatic heterocycles. The van der Waals surface area contributed by atoms with Crippen molar-refractivity contribution in [2.45, 2.75) is 177 Å². The van der Waals surface area contributed by atoms with E-state index in [1.54, 1.807) is 104 Å². The van der Waals surface area contributed by atoms with Gasteiger partial charge in [0.25, 0.3) is 0 Å². The number of alkyl halides is 9. The van der Waals surface area contributed by atoms with E-state index in [1.165, 1.54) is 28.9 Å². The molecule has 18 rings (SSSR count). The summed E-state index contributed by atoms with van der Waals surface area (Å²) in [5.41, 5.74) is 17.1. The molecule has 0 bridgehead atoms. The summed E-state index contributed by atoms with van der Waals surface area (Å²) < 4.78 is 162. The minimum Gasteiger partial charge on any atom is -0.481 e. The average molecular weight is 1860 g/mol. The summed E-state index contributed by atoms with van der Waals surface area (Å²) in [7, 11) is 4.61. The van der Waals surface area contributed by atoms with Crippen molar-refractivity contribution < 1.29 is 87.1 Å². The second kappa shape index (κ2) is 38.2. The van der Waals surface area contributed by atoms with Crippen LogP contribution in [0.15, 0.2) is 129 Å². The number of pyridine rings is 3. The molecule has 15 heterocycles. The van der Waals surface area contributed by atoms with Gasteiger partial charge in [0.15, 0.2) is 0 Å². The Balaban J connectivity index is 0.000000147. The number of ether oxygens (including phenoxy) is 7. The normalized spacial score (nSPS) is 18.5. The Bertz CT molecular complexity index is 6400. The molecular weight excluding hydrogens is 1760 g/mol. The maximum atomic E-state index is 13.6. The maximum Gasteiger partial charge on any atom is 0.416 e. The Morgan fingerprint density at radius 3 is 0.896 bits per heavy atom. The third-order valence-corrected chi connectivity index (χ3v) is 25.5. The van der Waals surface area contributed by atoms with Gasteiger partial charge in [-0.2, -0.15) is 39.5 Å². The minimum atomic E-state index is -4.53. The van der Waals surface area contributed by atoms with E-state index < -0.39 is 89.9 Å². The monoisotopic (exact) mass is 1860 g/mol. The zero-order chi connectivity index (χ0) is 96.1. The van der Waals surface area contributed by atoms with E-state index in [9.17, 15) is 53.9 Å². The molecule has 9 aromatic heterocycles. The summed E-state index contributed by atoms with van der Waals surface area (Å²) in [5.74, 6) is 2.67. The van der Waals surface area contributed by atoms with Crippen LogP contribution in [0.4, 0.5) is 71.7 Å². The van der Waals surface area contributed by atoms with Gasteiger partial charge in [0.1, 0.15) is 18.3 Å². The van der Waals surface area contributed by atoms with Crippen molar-refractivity contribution in [3.63, 3.8) is 0 Å². The number of cyclic esters (lactones) is 3. The Kier molecular flexibility index (Phi) is 26.7. The van der Waals surface area contributed by atoms with E-state index in [4.69, 9.17) is 53.1 Å². The van der Waals surface area contributed by atoms with Gasteiger partial charge in [-0.05, 0) is 190 Å². The second-order valence-corrected chi connectivity index (χ2v) is 34.9. The highest BCUT2D eigenvalue weighted by molar-refractivity contribution is 5.83. The Morgan fingerprint density at radius 1 is 0.363 bits per heavy atom. The largest absolute Gasteiger partial charge is 0.481 e. The zero-order valence-electron chi connectivity index (χ0n) is 77.2. The summed E-state index contributed by atoms with van der Waals surface area (Å²) in [6, 6.07) is 15.4. The maximum absolute atomic E-state index is 13.6. The number of carbonyl (C=O) groups is 3. The molecule has 0 radical (unpaired) electrons. The fraction of sp³-hybridized carbons (Fsp3) is 0.388. The summed E-state index contributed by atoms with van der Waals surface area (Å²) in [5, 5.41) is 0. The van der Waals surface area contributed by atoms with Crippen LogP contribution in [0.2, 0.25) is 0 Å². The molecule has 0 spiro atoms. The van der Waals surface area contributed by atoms with Gasteiger partial charge < -0.3 is 62.8 Å². The standard InChI is InChI=1S/C33H35F3N6O4.C33H35F3N6O3.C32H33F3N6O3/c1-18-10-22(12-24(11-18)33(34,35)36)29-21(4)42(32(43)46-29)17-27-26(16-39-31(40-27)41-6-8-45-9-7-41)25-13-23(15-38-30(25)44-5)28-19(2)14-37-20(28)3;1-18-10-22(12-24(11-18)33(34,35)36)29-21(4)42(32(43)45-29)17-27-26(16-39-31(40-27)41-8-6-7-9-41)25-13-23(15-38-30(25)44-5)28-19(2)14-37-20(28)3;1-17-9-21(11-23(10-17)32(33,34)35)28-20(4)41(31(42)44-28)16-26-25(15-38-30(39-26)40-7-6-8-40)24-12-22(14-37-29(24)43-5)27-18(2)13-36-19(27)3/h10-16,21,29,37H,6-9,17H2,1-5H3;10-16,21,29,37H,6-9,17H2,1-5H3;9-15,20,28,36H,6-8,16H2,1-5H3/t2*21-,29-;20-,28-/m000/s1. The van der Waals surface area contributed by atoms with E-state index in [1.807, 2.05) is 88.1 Å². The number of benzene rings is 3. The quantitative estimate of drug-likeness (QED) is 0.0445. The predicted octanol–water partition coefficient (Wildman–Crippen LogP) is 20.4. The smallest absolute Gasteiger partial charge is 0.416 e. The molecule has 3 N–H and O–H groups in total. The third kappa shape index (κ3) is 19.6. The number of methoxy groups -OCH3 is 3. The number of hydrogen-bond acceptors (Lipinski definition) is 22. The average Bonchev–Trinajstić information content (AvgIpc) is 1.75. The van der Waals surface area contributed by atoms with E-state index in [0.717, 1.165) is 149 Å². The highest BCUT2D eigenvalue weighted by atomic mass is 19.4. The fourth-order valence-corrected chi connectivity index (χ4v) is 18.4. The lowest BCUT2D eigenvalue weighted by Crippen LogP contribution is -2.39. The number of rotatable bonds is 21. The van der Waals surface area contributed by atoms with Crippen LogP contribution in [0, 0.1) is 62.3 Å². The Hall–Kier alpha value is -13.9. The summed E-state index contributed by atoms with van der Waals surface area (Å²) >= 11 is 0. The van der Waals surface area contributed by atoms with E-state index in [-0.39, 0.29) is 25.2 Å². The lowest BCUT2D eigenvalue weighted by atomic mass is 9.97. The van der Waals surface area contributed by atoms with Crippen LogP contribution in [0.5, 0.6) is 17.6 Å². The fourth-order valence-electron chi connectivity index (χ4n) is 18.4. The number of aromatic nitrogens is 12. The number of morpholine rings is 1. The van der Waals surface area contributed by atoms with Crippen LogP contribution in [0.3, 0.4) is 0 Å². The van der Waals surface area contributed by atoms with Crippen molar-refractivity contribution in [2.24, 2.45) is 0 Å². The van der Waals surface area contributed by atoms with Gasteiger partial charge in [0.2, 0.25) is 35.5 Å². The SMILES string of the molecule is COc1ncc(-c2c(C)c[nH]c2C)cc1-c1cnc(N2CCC2)nc1CN1C(=O)O[C@H](c2cc(C)cc(C(F)(F)F)c2)[C@@H]1C.COc1ncc(-c2c(C)c[nH]c2C)cc1-c1cnc(N2CCCC2)nc1CN1C(=O)O[C@H](c2cc(C)cc(C(F)(F)F)c2)[C@@H]1C.COc1ncc(-c2c(C)c[nH]c2C)cc1-c1cnc(N2CCOCC2)nc1CN1C(=O)O[C@H](c2cc(C)cc(C(F)(F)F)c2)[C@@H]1C. The number of amides is 3. The number of aryl methyl sites for hydroxylation is 9. The van der Waals surface area contributed by atoms with Crippen LogP contribution in [-0.4, -0.2) is 185 Å². The van der Waals surface area contributed by atoms with Gasteiger partial charge in [-0.25, -0.2) is 59.2 Å². The van der Waals surface area contributed by atoms with E-state index >= 15 is 0 Å². The molecule has 12 aromatic rings. The molecule has 0 aliphatic carbocycles. The van der Waals surface area contributed by atoms with E-state index in [0.29, 0.717) is 140 Å². The highest BCUT2D eigenvalue weighted by Gasteiger charge is 2.47.